The third-order valence-corrected chi connectivity index (χ3v) is 2.87. The number of carbonyl (C=O) groups is 1. The summed E-state index contributed by atoms with van der Waals surface area (Å²) in [6.45, 7) is 6.52. The molecule has 0 aliphatic carbocycles. The molecule has 0 amide bonds. The molecule has 0 radical (unpaired) electrons. The van der Waals surface area contributed by atoms with Crippen molar-refractivity contribution in [2.75, 3.05) is 18.5 Å². The molecule has 0 saturated heterocycles. The third kappa shape index (κ3) is 2.57. The lowest BCUT2D eigenvalue weighted by Gasteiger charge is -2.20. The van der Waals surface area contributed by atoms with E-state index in [4.69, 9.17) is 0 Å². The van der Waals surface area contributed by atoms with Gasteiger partial charge in [-0.2, -0.15) is 0 Å². The predicted molar refractivity (Wildman–Crippen MR) is 76.8 cm³/mol. The number of anilines is 1. The van der Waals surface area contributed by atoms with Crippen molar-refractivity contribution in [1.29, 1.82) is 0 Å². The van der Waals surface area contributed by atoms with Gasteiger partial charge in [-0.05, 0) is 6.92 Å². The molecule has 0 spiro atoms. The summed E-state index contributed by atoms with van der Waals surface area (Å²) < 4.78 is 0. The monoisotopic (exact) mass is 256 g/mol. The Labute approximate surface area is 112 Å². The number of pyridine rings is 1. The van der Waals surface area contributed by atoms with Gasteiger partial charge in [0.2, 0.25) is 0 Å². The van der Waals surface area contributed by atoms with E-state index in [1.807, 2.05) is 37.1 Å². The molecular formula is C15H16N2O2. The first-order valence-electron chi connectivity index (χ1n) is 5.97. The molecule has 0 unspecified atom stereocenters. The van der Waals surface area contributed by atoms with Crippen LogP contribution < -0.4 is 4.90 Å². The highest BCUT2D eigenvalue weighted by Gasteiger charge is 2.14. The SMILES string of the molecule is C=C(C)CN(C)c1ncc(C(=O)O)c2ccccc12. The number of carboxylic acid groups (broad SMARTS) is 1. The van der Waals surface area contributed by atoms with Crippen LogP contribution >= 0.6 is 0 Å². The fourth-order valence-electron chi connectivity index (χ4n) is 2.13. The van der Waals surface area contributed by atoms with Crippen LogP contribution in [-0.4, -0.2) is 29.7 Å². The Hall–Kier alpha value is -2.36. The van der Waals surface area contributed by atoms with Crippen LogP contribution in [0, 0.1) is 0 Å². The van der Waals surface area contributed by atoms with Crippen LogP contribution in [0.4, 0.5) is 5.82 Å². The summed E-state index contributed by atoms with van der Waals surface area (Å²) in [5.41, 5.74) is 1.25. The first kappa shape index (κ1) is 13.1. The number of aromatic nitrogens is 1. The van der Waals surface area contributed by atoms with E-state index >= 15 is 0 Å². The Bertz CT molecular complexity index is 650. The maximum Gasteiger partial charge on any atom is 0.337 e. The fourth-order valence-corrected chi connectivity index (χ4v) is 2.13. The molecule has 0 aliphatic heterocycles. The Kier molecular flexibility index (Phi) is 3.51. The lowest BCUT2D eigenvalue weighted by molar-refractivity contribution is 0.0698. The molecule has 2 aromatic rings. The molecule has 1 heterocycles. The van der Waals surface area contributed by atoms with Gasteiger partial charge in [0.05, 0.1) is 5.56 Å². The summed E-state index contributed by atoms with van der Waals surface area (Å²) in [7, 11) is 1.92. The zero-order chi connectivity index (χ0) is 14.0. The van der Waals surface area contributed by atoms with Gasteiger partial charge in [0, 0.05) is 30.6 Å². The van der Waals surface area contributed by atoms with Gasteiger partial charge in [-0.15, -0.1) is 0 Å². The zero-order valence-electron chi connectivity index (χ0n) is 11.1. The van der Waals surface area contributed by atoms with Gasteiger partial charge in [-0.1, -0.05) is 36.4 Å². The van der Waals surface area contributed by atoms with Crippen molar-refractivity contribution in [2.45, 2.75) is 6.92 Å². The lowest BCUT2D eigenvalue weighted by Crippen LogP contribution is -2.20. The number of rotatable bonds is 4. The molecule has 4 heteroatoms. The van der Waals surface area contributed by atoms with Gasteiger partial charge < -0.3 is 10.0 Å². The molecule has 1 aromatic carbocycles. The molecule has 0 atom stereocenters. The number of benzene rings is 1. The summed E-state index contributed by atoms with van der Waals surface area (Å²) in [6.07, 6.45) is 1.41. The summed E-state index contributed by atoms with van der Waals surface area (Å²) >= 11 is 0. The molecular weight excluding hydrogens is 240 g/mol. The maximum absolute atomic E-state index is 11.2. The highest BCUT2D eigenvalue weighted by molar-refractivity contribution is 6.06. The standard InChI is InChI=1S/C15H16N2O2/c1-10(2)9-17(3)14-12-7-5-4-6-11(12)13(8-16-14)15(18)19/h4-8H,1,9H2,2-3H3,(H,18,19). The smallest absolute Gasteiger partial charge is 0.337 e. The first-order valence-corrected chi connectivity index (χ1v) is 5.97. The largest absolute Gasteiger partial charge is 0.478 e. The number of hydrogen-bond acceptors (Lipinski definition) is 3. The Morgan fingerprint density at radius 1 is 1.37 bits per heavy atom. The van der Waals surface area contributed by atoms with Crippen LogP contribution in [0.1, 0.15) is 17.3 Å². The highest BCUT2D eigenvalue weighted by atomic mass is 16.4. The Balaban J connectivity index is 2.61. The Morgan fingerprint density at radius 2 is 2.00 bits per heavy atom. The minimum absolute atomic E-state index is 0.225. The van der Waals surface area contributed by atoms with E-state index in [0.717, 1.165) is 16.8 Å². The van der Waals surface area contributed by atoms with E-state index in [1.54, 1.807) is 6.07 Å². The van der Waals surface area contributed by atoms with E-state index in [1.165, 1.54) is 6.20 Å². The van der Waals surface area contributed by atoms with Crippen molar-refractivity contribution in [2.24, 2.45) is 0 Å². The van der Waals surface area contributed by atoms with Crippen LogP contribution in [0.2, 0.25) is 0 Å². The second kappa shape index (κ2) is 5.10. The van der Waals surface area contributed by atoms with E-state index in [9.17, 15) is 9.90 Å². The molecule has 0 saturated carbocycles. The highest BCUT2D eigenvalue weighted by Crippen LogP contribution is 2.26. The summed E-state index contributed by atoms with van der Waals surface area (Å²) in [4.78, 5) is 17.5. The van der Waals surface area contributed by atoms with Gasteiger partial charge in [0.25, 0.3) is 0 Å². The van der Waals surface area contributed by atoms with Gasteiger partial charge >= 0.3 is 5.97 Å². The molecule has 98 valence electrons. The number of carboxylic acids is 1. The van der Waals surface area contributed by atoms with Crippen molar-refractivity contribution in [3.8, 4) is 0 Å². The van der Waals surface area contributed by atoms with Crippen LogP contribution in [0.3, 0.4) is 0 Å². The van der Waals surface area contributed by atoms with Gasteiger partial charge in [0.15, 0.2) is 0 Å². The first-order chi connectivity index (χ1) is 9.00. The molecule has 19 heavy (non-hydrogen) atoms. The van der Waals surface area contributed by atoms with E-state index in [2.05, 4.69) is 11.6 Å². The molecule has 1 N–H and O–H groups in total. The molecule has 4 nitrogen and oxygen atoms in total. The number of likely N-dealkylation sites (N-methyl/N-ethyl adjacent to an activating group) is 1. The van der Waals surface area contributed by atoms with Gasteiger partial charge in [0.1, 0.15) is 5.82 Å². The molecule has 1 aromatic heterocycles. The summed E-state index contributed by atoms with van der Waals surface area (Å²) in [5, 5.41) is 10.7. The van der Waals surface area contributed by atoms with Gasteiger partial charge in [-0.25, -0.2) is 9.78 Å². The van der Waals surface area contributed by atoms with E-state index in [-0.39, 0.29) is 5.56 Å². The van der Waals surface area contributed by atoms with Crippen molar-refractivity contribution < 1.29 is 9.90 Å². The van der Waals surface area contributed by atoms with Crippen molar-refractivity contribution in [3.63, 3.8) is 0 Å². The van der Waals surface area contributed by atoms with Crippen LogP contribution in [0.5, 0.6) is 0 Å². The molecule has 0 bridgehead atoms. The number of fused-ring (bicyclic) bond motifs is 1. The minimum Gasteiger partial charge on any atom is -0.478 e. The summed E-state index contributed by atoms with van der Waals surface area (Å²) in [5.74, 6) is -0.193. The number of hydrogen-bond donors (Lipinski definition) is 1. The predicted octanol–water partition coefficient (Wildman–Crippen LogP) is 2.95. The van der Waals surface area contributed by atoms with E-state index in [0.29, 0.717) is 11.9 Å². The third-order valence-electron chi connectivity index (χ3n) is 2.87. The van der Waals surface area contributed by atoms with Crippen molar-refractivity contribution >= 4 is 22.6 Å². The molecule has 0 aliphatic rings. The average molecular weight is 256 g/mol. The lowest BCUT2D eigenvalue weighted by atomic mass is 10.1. The molecule has 0 fully saturated rings. The van der Waals surface area contributed by atoms with Crippen LogP contribution in [0.25, 0.3) is 10.8 Å². The average Bonchev–Trinajstić information content (AvgIpc) is 2.36. The van der Waals surface area contributed by atoms with Gasteiger partial charge in [-0.3, -0.25) is 0 Å². The van der Waals surface area contributed by atoms with Crippen molar-refractivity contribution in [1.82, 2.24) is 4.98 Å². The second-order valence-corrected chi connectivity index (χ2v) is 4.66. The number of aromatic carboxylic acids is 1. The summed E-state index contributed by atoms with van der Waals surface area (Å²) in [6, 6.07) is 7.41. The minimum atomic E-state index is -0.960. The normalized spacial score (nSPS) is 10.4. The van der Waals surface area contributed by atoms with Crippen molar-refractivity contribution in [3.05, 3.63) is 48.2 Å². The maximum atomic E-state index is 11.2. The van der Waals surface area contributed by atoms with E-state index < -0.39 is 5.97 Å². The fraction of sp³-hybridized carbons (Fsp3) is 0.200. The topological polar surface area (TPSA) is 53.4 Å². The Morgan fingerprint density at radius 3 is 2.58 bits per heavy atom. The molecule has 2 rings (SSSR count). The number of nitrogens with zero attached hydrogens (tertiary/aromatic N) is 2. The second-order valence-electron chi connectivity index (χ2n) is 4.66. The zero-order valence-corrected chi connectivity index (χ0v) is 11.1. The van der Waals surface area contributed by atoms with Crippen LogP contribution in [-0.2, 0) is 0 Å². The quantitative estimate of drug-likeness (QED) is 0.854. The van der Waals surface area contributed by atoms with Crippen LogP contribution in [0.15, 0.2) is 42.6 Å².